The van der Waals surface area contributed by atoms with Gasteiger partial charge < -0.3 is 0 Å². The van der Waals surface area contributed by atoms with Crippen LogP contribution in [-0.2, 0) is 23.6 Å². The van der Waals surface area contributed by atoms with E-state index in [1.54, 1.807) is 20.8 Å². The summed E-state index contributed by atoms with van der Waals surface area (Å²) in [5.41, 5.74) is 0. The standard InChI is InChI=1S/C8H17.3C3H6O2.Sn/c1-3-5-7-8-6-4-2;3*1-2-3(4)5;/h1,3-8H2,2H3;3*2H2,1H3,(H,4,5);/q;;;;+3/p-3. The summed E-state index contributed by atoms with van der Waals surface area (Å²) in [6.07, 6.45) is 6.71. The Balaban J connectivity index is 4.97. The zero-order chi connectivity index (χ0) is 18.4. The summed E-state index contributed by atoms with van der Waals surface area (Å²) in [5.74, 6) is -1.45. The van der Waals surface area contributed by atoms with E-state index in [-0.39, 0.29) is 19.3 Å². The monoisotopic (exact) mass is 452 g/mol. The molecule has 140 valence electrons. The van der Waals surface area contributed by atoms with Crippen LogP contribution in [0.2, 0.25) is 4.44 Å². The molecule has 0 aromatic rings. The number of carbonyl (C=O) groups is 3. The van der Waals surface area contributed by atoms with Crippen molar-refractivity contribution in [1.29, 1.82) is 0 Å². The molecule has 0 N–H and O–H groups in total. The van der Waals surface area contributed by atoms with E-state index in [0.717, 1.165) is 25.7 Å². The third-order valence-corrected chi connectivity index (χ3v) is 10.9. The second-order valence-corrected chi connectivity index (χ2v) is 12.8. The Morgan fingerprint density at radius 1 is 0.625 bits per heavy atom. The molecule has 0 spiro atoms. The van der Waals surface area contributed by atoms with Crippen molar-refractivity contribution >= 4 is 37.5 Å². The molecular weight excluding hydrogens is 419 g/mol. The molecule has 0 aliphatic rings. The first-order valence-electron chi connectivity index (χ1n) is 9.08. The molecule has 0 amide bonds. The van der Waals surface area contributed by atoms with Gasteiger partial charge in [-0.15, -0.1) is 0 Å². The van der Waals surface area contributed by atoms with E-state index in [4.69, 9.17) is 9.22 Å². The van der Waals surface area contributed by atoms with Gasteiger partial charge in [0.2, 0.25) is 0 Å². The van der Waals surface area contributed by atoms with E-state index in [9.17, 15) is 14.4 Å². The Hall–Kier alpha value is -0.791. The number of hydrogen-bond acceptors (Lipinski definition) is 6. The van der Waals surface area contributed by atoms with E-state index >= 15 is 0 Å². The van der Waals surface area contributed by atoms with Gasteiger partial charge in [0.25, 0.3) is 0 Å². The maximum absolute atomic E-state index is 11.8. The topological polar surface area (TPSA) is 78.9 Å². The Labute approximate surface area is 151 Å². The molecule has 0 aliphatic carbocycles. The second-order valence-electron chi connectivity index (χ2n) is 5.68. The predicted molar refractivity (Wildman–Crippen MR) is 93.1 cm³/mol. The first-order valence-corrected chi connectivity index (χ1v) is 14.6. The molecule has 0 radical (unpaired) electrons. The van der Waals surface area contributed by atoms with E-state index < -0.39 is 37.5 Å². The van der Waals surface area contributed by atoms with Crippen molar-refractivity contribution in [3.05, 3.63) is 0 Å². The summed E-state index contributed by atoms with van der Waals surface area (Å²) < 4.78 is 16.7. The molecule has 0 saturated heterocycles. The van der Waals surface area contributed by atoms with E-state index in [2.05, 4.69) is 6.92 Å². The molecule has 0 aromatic carbocycles. The molecule has 6 nitrogen and oxygen atoms in total. The van der Waals surface area contributed by atoms with Crippen LogP contribution in [0.3, 0.4) is 0 Å². The van der Waals surface area contributed by atoms with Crippen LogP contribution in [0.1, 0.15) is 85.5 Å². The van der Waals surface area contributed by atoms with Gasteiger partial charge in [0.05, 0.1) is 0 Å². The fraction of sp³-hybridized carbons (Fsp3) is 0.824. The van der Waals surface area contributed by atoms with Crippen LogP contribution in [0.15, 0.2) is 0 Å². The summed E-state index contributed by atoms with van der Waals surface area (Å²) in [7, 11) is 0. The Morgan fingerprint density at radius 2 is 1.00 bits per heavy atom. The molecule has 0 heterocycles. The van der Waals surface area contributed by atoms with Crippen LogP contribution in [0, 0.1) is 0 Å². The molecular formula is C17H32O6Sn. The Bertz CT molecular complexity index is 351. The van der Waals surface area contributed by atoms with E-state index in [0.29, 0.717) is 4.44 Å². The first-order chi connectivity index (χ1) is 11.4. The van der Waals surface area contributed by atoms with Gasteiger partial charge >= 0.3 is 151 Å². The van der Waals surface area contributed by atoms with Crippen LogP contribution in [-0.4, -0.2) is 37.5 Å². The molecule has 0 fully saturated rings. The van der Waals surface area contributed by atoms with Crippen LogP contribution in [0.25, 0.3) is 0 Å². The normalized spacial score (nSPS) is 11.0. The van der Waals surface area contributed by atoms with Gasteiger partial charge in [-0.25, -0.2) is 0 Å². The van der Waals surface area contributed by atoms with Crippen molar-refractivity contribution in [2.75, 3.05) is 0 Å². The average molecular weight is 451 g/mol. The minimum absolute atomic E-state index is 0.155. The van der Waals surface area contributed by atoms with Gasteiger partial charge in [-0.1, -0.05) is 0 Å². The zero-order valence-electron chi connectivity index (χ0n) is 15.5. The number of carbonyl (C=O) groups excluding carboxylic acids is 3. The van der Waals surface area contributed by atoms with Crippen molar-refractivity contribution in [1.82, 2.24) is 0 Å². The maximum atomic E-state index is 11.8. The zero-order valence-corrected chi connectivity index (χ0v) is 18.4. The fourth-order valence-electron chi connectivity index (χ4n) is 2.07. The van der Waals surface area contributed by atoms with E-state index in [1.807, 2.05) is 0 Å². The molecule has 0 rings (SSSR count). The number of hydrogen-bond donors (Lipinski definition) is 0. The van der Waals surface area contributed by atoms with Gasteiger partial charge in [-0.2, -0.15) is 0 Å². The number of rotatable bonds is 13. The molecule has 0 aliphatic heterocycles. The third kappa shape index (κ3) is 10.2. The summed E-state index contributed by atoms with van der Waals surface area (Å²) in [6, 6.07) is 0. The van der Waals surface area contributed by atoms with Crippen molar-refractivity contribution in [3.8, 4) is 0 Å². The average Bonchev–Trinajstić information content (AvgIpc) is 2.57. The molecule has 0 aromatic heterocycles. The third-order valence-electron chi connectivity index (χ3n) is 3.51. The van der Waals surface area contributed by atoms with Crippen LogP contribution in [0.5, 0.6) is 0 Å². The van der Waals surface area contributed by atoms with Gasteiger partial charge in [-0.3, -0.25) is 0 Å². The fourth-order valence-corrected chi connectivity index (χ4v) is 9.46. The predicted octanol–water partition coefficient (Wildman–Crippen LogP) is 4.15. The van der Waals surface area contributed by atoms with Crippen molar-refractivity contribution < 1.29 is 23.6 Å². The van der Waals surface area contributed by atoms with Gasteiger partial charge in [0.15, 0.2) is 0 Å². The second kappa shape index (κ2) is 13.5. The summed E-state index contributed by atoms with van der Waals surface area (Å²) in [4.78, 5) is 35.4. The molecule has 0 bridgehead atoms. The van der Waals surface area contributed by atoms with Gasteiger partial charge in [-0.05, 0) is 0 Å². The first kappa shape index (κ1) is 23.2. The van der Waals surface area contributed by atoms with Gasteiger partial charge in [0, 0.05) is 0 Å². The molecule has 0 atom stereocenters. The summed E-state index contributed by atoms with van der Waals surface area (Å²) >= 11 is -4.55. The van der Waals surface area contributed by atoms with E-state index in [1.165, 1.54) is 12.8 Å². The van der Waals surface area contributed by atoms with Crippen molar-refractivity contribution in [2.24, 2.45) is 0 Å². The molecule has 7 heteroatoms. The van der Waals surface area contributed by atoms with Crippen LogP contribution < -0.4 is 0 Å². The Kier molecular flexibility index (Phi) is 13.0. The molecule has 0 unspecified atom stereocenters. The van der Waals surface area contributed by atoms with Crippen molar-refractivity contribution in [3.63, 3.8) is 0 Å². The van der Waals surface area contributed by atoms with Gasteiger partial charge in [0.1, 0.15) is 0 Å². The minimum atomic E-state index is -4.55. The summed E-state index contributed by atoms with van der Waals surface area (Å²) in [6.45, 7) is 7.13. The van der Waals surface area contributed by atoms with Crippen LogP contribution >= 0.6 is 0 Å². The SMILES string of the molecule is CCCCCCC[CH2][Sn]([O]C(=O)CC)([O]C(=O)CC)[O]C(=O)CC. The molecule has 0 saturated carbocycles. The quantitative estimate of drug-likeness (QED) is 0.310. The molecule has 24 heavy (non-hydrogen) atoms. The van der Waals surface area contributed by atoms with Crippen molar-refractivity contribution in [2.45, 2.75) is 89.9 Å². The number of unbranched alkanes of at least 4 members (excludes halogenated alkanes) is 5. The van der Waals surface area contributed by atoms with Crippen LogP contribution in [0.4, 0.5) is 0 Å². The Morgan fingerprint density at radius 3 is 1.38 bits per heavy atom. The summed E-state index contributed by atoms with van der Waals surface area (Å²) in [5, 5.41) is 0.